The Hall–Kier alpha value is -0.350. The van der Waals surface area contributed by atoms with E-state index in [1.54, 1.807) is 0 Å². The Bertz CT molecular complexity index is 218. The van der Waals surface area contributed by atoms with Gasteiger partial charge in [-0.2, -0.15) is 0 Å². The van der Waals surface area contributed by atoms with Crippen molar-refractivity contribution in [2.75, 3.05) is 6.54 Å². The van der Waals surface area contributed by atoms with Gasteiger partial charge in [0.15, 0.2) is 0 Å². The van der Waals surface area contributed by atoms with Crippen LogP contribution in [0.5, 0.6) is 0 Å². The Morgan fingerprint density at radius 3 is 2.85 bits per heavy atom. The lowest BCUT2D eigenvalue weighted by Crippen LogP contribution is -2.35. The van der Waals surface area contributed by atoms with Gasteiger partial charge < -0.3 is 10.1 Å². The standard InChI is InChI=1S/C9H14BrNO2/c1-6(10)5-11-9(12)8-4-3-7(2)13-8/h7-8H,1,3-5H2,2H3,(H,11,12). The highest BCUT2D eigenvalue weighted by molar-refractivity contribution is 9.11. The molecule has 1 rings (SSSR count). The summed E-state index contributed by atoms with van der Waals surface area (Å²) < 4.78 is 6.17. The second kappa shape index (κ2) is 4.77. The summed E-state index contributed by atoms with van der Waals surface area (Å²) >= 11 is 3.17. The zero-order chi connectivity index (χ0) is 9.84. The quantitative estimate of drug-likeness (QED) is 0.823. The third kappa shape index (κ3) is 3.48. The lowest BCUT2D eigenvalue weighted by atomic mass is 10.2. The highest BCUT2D eigenvalue weighted by Gasteiger charge is 2.27. The summed E-state index contributed by atoms with van der Waals surface area (Å²) in [6.45, 7) is 6.08. The summed E-state index contributed by atoms with van der Waals surface area (Å²) in [6, 6.07) is 0. The van der Waals surface area contributed by atoms with Crippen molar-refractivity contribution in [1.29, 1.82) is 0 Å². The largest absolute Gasteiger partial charge is 0.365 e. The van der Waals surface area contributed by atoms with Crippen LogP contribution in [0.4, 0.5) is 0 Å². The maximum Gasteiger partial charge on any atom is 0.249 e. The van der Waals surface area contributed by atoms with Gasteiger partial charge in [-0.1, -0.05) is 22.5 Å². The van der Waals surface area contributed by atoms with Crippen LogP contribution in [0.3, 0.4) is 0 Å². The van der Waals surface area contributed by atoms with E-state index in [9.17, 15) is 4.79 Å². The number of rotatable bonds is 3. The van der Waals surface area contributed by atoms with Crippen LogP contribution in [-0.2, 0) is 9.53 Å². The molecule has 0 aromatic carbocycles. The summed E-state index contributed by atoms with van der Waals surface area (Å²) in [4.78, 5) is 11.4. The Kier molecular flexibility index (Phi) is 3.93. The second-order valence-electron chi connectivity index (χ2n) is 3.25. The summed E-state index contributed by atoms with van der Waals surface area (Å²) in [7, 11) is 0. The number of hydrogen-bond acceptors (Lipinski definition) is 2. The summed E-state index contributed by atoms with van der Waals surface area (Å²) in [5.41, 5.74) is 0. The minimum absolute atomic E-state index is 0.0371. The number of amides is 1. The Morgan fingerprint density at radius 2 is 2.38 bits per heavy atom. The first kappa shape index (κ1) is 10.7. The van der Waals surface area contributed by atoms with E-state index < -0.39 is 0 Å². The van der Waals surface area contributed by atoms with Gasteiger partial charge in [-0.3, -0.25) is 4.79 Å². The van der Waals surface area contributed by atoms with Crippen LogP contribution in [0.15, 0.2) is 11.1 Å². The monoisotopic (exact) mass is 247 g/mol. The number of ether oxygens (including phenoxy) is 1. The molecule has 1 fully saturated rings. The first-order valence-corrected chi connectivity index (χ1v) is 5.15. The molecule has 4 heteroatoms. The molecule has 2 unspecified atom stereocenters. The van der Waals surface area contributed by atoms with Gasteiger partial charge in [0.2, 0.25) is 5.91 Å². The van der Waals surface area contributed by atoms with Crippen molar-refractivity contribution in [3.8, 4) is 0 Å². The van der Waals surface area contributed by atoms with E-state index in [-0.39, 0.29) is 18.1 Å². The van der Waals surface area contributed by atoms with Gasteiger partial charge in [-0.05, 0) is 19.8 Å². The fourth-order valence-corrected chi connectivity index (χ4v) is 1.43. The number of nitrogens with one attached hydrogen (secondary N) is 1. The normalized spacial score (nSPS) is 27.2. The van der Waals surface area contributed by atoms with Gasteiger partial charge in [-0.25, -0.2) is 0 Å². The third-order valence-electron chi connectivity index (χ3n) is 1.98. The lowest BCUT2D eigenvalue weighted by molar-refractivity contribution is -0.131. The zero-order valence-electron chi connectivity index (χ0n) is 7.68. The first-order valence-electron chi connectivity index (χ1n) is 4.36. The topological polar surface area (TPSA) is 38.3 Å². The molecule has 1 N–H and O–H groups in total. The van der Waals surface area contributed by atoms with E-state index in [0.29, 0.717) is 6.54 Å². The fourth-order valence-electron chi connectivity index (χ4n) is 1.29. The molecule has 1 aliphatic rings. The molecular weight excluding hydrogens is 234 g/mol. The van der Waals surface area contributed by atoms with Gasteiger partial charge in [0.25, 0.3) is 0 Å². The van der Waals surface area contributed by atoms with E-state index in [1.165, 1.54) is 0 Å². The molecule has 0 aromatic rings. The van der Waals surface area contributed by atoms with E-state index in [1.807, 2.05) is 6.92 Å². The number of halogens is 1. The maximum absolute atomic E-state index is 11.4. The lowest BCUT2D eigenvalue weighted by Gasteiger charge is -2.10. The van der Waals surface area contributed by atoms with Crippen LogP contribution < -0.4 is 5.32 Å². The molecule has 0 bridgehead atoms. The Labute approximate surface area is 86.7 Å². The third-order valence-corrected chi connectivity index (χ3v) is 2.26. The molecule has 1 amide bonds. The van der Waals surface area contributed by atoms with E-state index in [4.69, 9.17) is 4.74 Å². The van der Waals surface area contributed by atoms with Crippen molar-refractivity contribution in [1.82, 2.24) is 5.32 Å². The smallest absolute Gasteiger partial charge is 0.249 e. The summed E-state index contributed by atoms with van der Waals surface area (Å²) in [5.74, 6) is -0.0371. The van der Waals surface area contributed by atoms with Crippen LogP contribution >= 0.6 is 15.9 Å². The molecule has 13 heavy (non-hydrogen) atoms. The SMILES string of the molecule is C=C(Br)CNC(=O)C1CCC(C)O1. The number of carbonyl (C=O) groups excluding carboxylic acids is 1. The van der Waals surface area contributed by atoms with Crippen LogP contribution in [0.1, 0.15) is 19.8 Å². The number of carbonyl (C=O) groups is 1. The van der Waals surface area contributed by atoms with Crippen LogP contribution in [0, 0.1) is 0 Å². The molecule has 0 radical (unpaired) electrons. The average molecular weight is 248 g/mol. The minimum Gasteiger partial charge on any atom is -0.365 e. The summed E-state index contributed by atoms with van der Waals surface area (Å²) in [5, 5.41) is 2.73. The van der Waals surface area contributed by atoms with E-state index in [2.05, 4.69) is 27.8 Å². The molecule has 2 atom stereocenters. The van der Waals surface area contributed by atoms with E-state index >= 15 is 0 Å². The van der Waals surface area contributed by atoms with E-state index in [0.717, 1.165) is 17.3 Å². The van der Waals surface area contributed by atoms with Gasteiger partial charge >= 0.3 is 0 Å². The predicted octanol–water partition coefficient (Wildman–Crippen LogP) is 1.58. The van der Waals surface area contributed by atoms with Gasteiger partial charge in [0.05, 0.1) is 6.10 Å². The first-order chi connectivity index (χ1) is 6.09. The van der Waals surface area contributed by atoms with Crippen LogP contribution in [-0.4, -0.2) is 24.7 Å². The molecule has 0 spiro atoms. The molecule has 3 nitrogen and oxygen atoms in total. The Balaban J connectivity index is 2.27. The van der Waals surface area contributed by atoms with Crippen molar-refractivity contribution >= 4 is 21.8 Å². The van der Waals surface area contributed by atoms with Gasteiger partial charge in [0, 0.05) is 11.0 Å². The molecule has 0 aromatic heterocycles. The fraction of sp³-hybridized carbons (Fsp3) is 0.667. The van der Waals surface area contributed by atoms with Gasteiger partial charge in [-0.15, -0.1) is 0 Å². The van der Waals surface area contributed by atoms with Crippen molar-refractivity contribution < 1.29 is 9.53 Å². The molecule has 1 saturated heterocycles. The minimum atomic E-state index is -0.262. The van der Waals surface area contributed by atoms with Crippen LogP contribution in [0.25, 0.3) is 0 Å². The van der Waals surface area contributed by atoms with Crippen molar-refractivity contribution in [2.45, 2.75) is 32.0 Å². The van der Waals surface area contributed by atoms with Crippen LogP contribution in [0.2, 0.25) is 0 Å². The average Bonchev–Trinajstić information content (AvgIpc) is 2.47. The highest BCUT2D eigenvalue weighted by atomic mass is 79.9. The highest BCUT2D eigenvalue weighted by Crippen LogP contribution is 2.18. The second-order valence-corrected chi connectivity index (χ2v) is 4.37. The van der Waals surface area contributed by atoms with Crippen molar-refractivity contribution in [2.24, 2.45) is 0 Å². The molecule has 1 heterocycles. The molecular formula is C9H14BrNO2. The molecule has 0 saturated carbocycles. The zero-order valence-corrected chi connectivity index (χ0v) is 9.26. The van der Waals surface area contributed by atoms with Crippen molar-refractivity contribution in [3.05, 3.63) is 11.1 Å². The van der Waals surface area contributed by atoms with Gasteiger partial charge in [0.1, 0.15) is 6.10 Å². The molecule has 74 valence electrons. The molecule has 0 aliphatic carbocycles. The predicted molar refractivity (Wildman–Crippen MR) is 54.6 cm³/mol. The van der Waals surface area contributed by atoms with Crippen molar-refractivity contribution in [3.63, 3.8) is 0 Å². The molecule has 1 aliphatic heterocycles. The number of hydrogen-bond donors (Lipinski definition) is 1. The maximum atomic E-state index is 11.4. The summed E-state index contributed by atoms with van der Waals surface area (Å²) in [6.07, 6.45) is 1.74. The Morgan fingerprint density at radius 1 is 1.69 bits per heavy atom.